The monoisotopic (exact) mass is 665 g/mol. The van der Waals surface area contributed by atoms with Crippen LogP contribution in [0.25, 0.3) is 10.9 Å². The third-order valence-electron chi connectivity index (χ3n) is 9.91. The second-order valence-corrected chi connectivity index (χ2v) is 14.1. The molecule has 1 aliphatic heterocycles. The molecule has 11 heteroatoms. The molecule has 3 aromatic rings. The van der Waals surface area contributed by atoms with E-state index in [0.717, 1.165) is 41.7 Å². The average molecular weight is 666 g/mol. The third-order valence-corrected chi connectivity index (χ3v) is 9.91. The second-order valence-electron chi connectivity index (χ2n) is 14.1. The Hall–Kier alpha value is -3.63. The fraction of sp³-hybridized carbons (Fsp3) is 0.556. The molecule has 2 fully saturated rings. The highest BCUT2D eigenvalue weighted by Gasteiger charge is 2.45. The fourth-order valence-corrected chi connectivity index (χ4v) is 7.15. The lowest BCUT2D eigenvalue weighted by molar-refractivity contribution is -0.144. The minimum atomic E-state index is -0.612. The van der Waals surface area contributed by atoms with Gasteiger partial charge in [-0.1, -0.05) is 58.2 Å². The van der Waals surface area contributed by atoms with Crippen LogP contribution >= 0.6 is 12.4 Å². The highest BCUT2D eigenvalue weighted by molar-refractivity contribution is 6.02. The molecule has 1 aromatic heterocycles. The van der Waals surface area contributed by atoms with Crippen LogP contribution in [-0.2, 0) is 9.59 Å². The molecule has 10 nitrogen and oxygen atoms in total. The van der Waals surface area contributed by atoms with E-state index in [1.165, 1.54) is 19.3 Å². The lowest BCUT2D eigenvalue weighted by Crippen LogP contribution is -2.58. The van der Waals surface area contributed by atoms with Gasteiger partial charge in [0.05, 0.1) is 24.2 Å². The van der Waals surface area contributed by atoms with E-state index in [9.17, 15) is 9.59 Å². The summed E-state index contributed by atoms with van der Waals surface area (Å²) in [5.41, 5.74) is 8.83. The number of fused-ring (bicyclic) bond motifs is 1. The molecule has 0 radical (unpaired) electrons. The van der Waals surface area contributed by atoms with Gasteiger partial charge in [0.1, 0.15) is 23.9 Å². The van der Waals surface area contributed by atoms with Crippen molar-refractivity contribution in [2.45, 2.75) is 96.8 Å². The first-order valence-electron chi connectivity index (χ1n) is 16.7. The first-order chi connectivity index (χ1) is 22.0. The van der Waals surface area contributed by atoms with Crippen molar-refractivity contribution in [2.24, 2.45) is 17.1 Å². The Morgan fingerprint density at radius 3 is 2.40 bits per heavy atom. The highest BCUT2D eigenvalue weighted by Crippen LogP contribution is 2.37. The summed E-state index contributed by atoms with van der Waals surface area (Å²) in [5.74, 6) is 0.445. The normalized spacial score (nSPS) is 19.0. The number of amides is 2. The fourth-order valence-electron chi connectivity index (χ4n) is 7.15. The van der Waals surface area contributed by atoms with Crippen LogP contribution in [0.3, 0.4) is 0 Å². The Morgan fingerprint density at radius 2 is 1.74 bits per heavy atom. The predicted molar refractivity (Wildman–Crippen MR) is 192 cm³/mol. The van der Waals surface area contributed by atoms with Gasteiger partial charge in [0, 0.05) is 48.9 Å². The molecule has 5 rings (SSSR count). The number of hydrogen-bond donors (Lipinski definition) is 3. The molecule has 1 saturated carbocycles. The van der Waals surface area contributed by atoms with E-state index in [1.54, 1.807) is 18.3 Å². The number of halogens is 1. The molecule has 2 aliphatic rings. The van der Waals surface area contributed by atoms with Crippen LogP contribution in [0.15, 0.2) is 48.8 Å². The Labute approximate surface area is 285 Å². The second kappa shape index (κ2) is 15.5. The number of para-hydroxylation sites is 1. The topological polar surface area (TPSA) is 126 Å². The summed E-state index contributed by atoms with van der Waals surface area (Å²) in [6, 6.07) is 12.9. The number of likely N-dealkylation sites (N-methyl/N-ethyl adjacent to an activating group) is 1. The standard InChI is InChI=1S/C36H51N7O3.ClH/c1-23(42(5)25-16-11-8-12-17-25)32(37)31(36(2,3)4)35(45)43-19-13-18-29(43)34(44)41-28-20-26-27(21-30(28)46-6)38-22-39-33(26)40-24-14-9-7-10-15-24;/h8,11-12,16-17,20-24,29,31-32H,7,9-10,13-15,18-19,37H2,1-6H3,(H,41,44)(H,38,39,40);1H/t23-,29-,31-,32?;/m0./s1. The van der Waals surface area contributed by atoms with Crippen molar-refractivity contribution in [3.8, 4) is 5.75 Å². The molecule has 1 saturated heterocycles. The van der Waals surface area contributed by atoms with E-state index < -0.39 is 23.4 Å². The van der Waals surface area contributed by atoms with Gasteiger partial charge in [-0.3, -0.25) is 9.59 Å². The van der Waals surface area contributed by atoms with Crippen LogP contribution in [0, 0.1) is 11.3 Å². The lowest BCUT2D eigenvalue weighted by atomic mass is 9.73. The molecule has 2 amide bonds. The van der Waals surface area contributed by atoms with E-state index in [0.29, 0.717) is 30.4 Å². The number of aromatic nitrogens is 2. The smallest absolute Gasteiger partial charge is 0.247 e. The molecule has 2 heterocycles. The number of likely N-dealkylation sites (tertiary alicyclic amines) is 1. The number of ether oxygens (including phenoxy) is 1. The molecule has 0 bridgehead atoms. The maximum Gasteiger partial charge on any atom is 0.247 e. The van der Waals surface area contributed by atoms with Crippen LogP contribution in [0.1, 0.15) is 72.6 Å². The Balaban J connectivity index is 0.00000500. The molecule has 0 spiro atoms. The van der Waals surface area contributed by atoms with Gasteiger partial charge in [-0.25, -0.2) is 9.97 Å². The Bertz CT molecular complexity index is 1510. The van der Waals surface area contributed by atoms with E-state index in [4.69, 9.17) is 10.5 Å². The van der Waals surface area contributed by atoms with E-state index in [-0.39, 0.29) is 30.3 Å². The minimum Gasteiger partial charge on any atom is -0.494 e. The first kappa shape index (κ1) is 36.2. The third kappa shape index (κ3) is 8.09. The number of nitrogens with two attached hydrogens (primary N) is 1. The number of nitrogens with one attached hydrogen (secondary N) is 2. The molecular formula is C36H52ClN7O3. The molecule has 1 aliphatic carbocycles. The number of carbonyl (C=O) groups is 2. The number of methoxy groups -OCH3 is 1. The summed E-state index contributed by atoms with van der Waals surface area (Å²) in [6.45, 7) is 8.73. The number of rotatable bonds is 10. The number of anilines is 3. The molecule has 4 atom stereocenters. The number of benzene rings is 2. The molecular weight excluding hydrogens is 614 g/mol. The van der Waals surface area contributed by atoms with E-state index in [1.807, 2.05) is 49.5 Å². The van der Waals surface area contributed by atoms with Crippen LogP contribution < -0.4 is 26.0 Å². The van der Waals surface area contributed by atoms with Gasteiger partial charge < -0.3 is 30.9 Å². The van der Waals surface area contributed by atoms with Gasteiger partial charge >= 0.3 is 0 Å². The lowest BCUT2D eigenvalue weighted by Gasteiger charge is -2.42. The summed E-state index contributed by atoms with van der Waals surface area (Å²) in [5, 5.41) is 7.53. The summed E-state index contributed by atoms with van der Waals surface area (Å²) in [4.78, 5) is 41.2. The van der Waals surface area contributed by atoms with Crippen molar-refractivity contribution in [3.63, 3.8) is 0 Å². The molecule has 1 unspecified atom stereocenters. The van der Waals surface area contributed by atoms with Gasteiger partial charge in [0.2, 0.25) is 11.8 Å². The van der Waals surface area contributed by atoms with Crippen LogP contribution in [0.5, 0.6) is 5.75 Å². The minimum absolute atomic E-state index is 0. The predicted octanol–water partition coefficient (Wildman–Crippen LogP) is 6.25. The van der Waals surface area contributed by atoms with Gasteiger partial charge in [0.25, 0.3) is 0 Å². The maximum atomic E-state index is 14.4. The largest absolute Gasteiger partial charge is 0.494 e. The van der Waals surface area contributed by atoms with E-state index >= 15 is 0 Å². The summed E-state index contributed by atoms with van der Waals surface area (Å²) >= 11 is 0. The summed E-state index contributed by atoms with van der Waals surface area (Å²) in [7, 11) is 3.59. The van der Waals surface area contributed by atoms with Crippen LogP contribution in [-0.4, -0.2) is 71.6 Å². The van der Waals surface area contributed by atoms with Crippen molar-refractivity contribution in [1.29, 1.82) is 0 Å². The molecule has 256 valence electrons. The van der Waals surface area contributed by atoms with E-state index in [2.05, 4.69) is 53.2 Å². The Morgan fingerprint density at radius 1 is 1.04 bits per heavy atom. The quantitative estimate of drug-likeness (QED) is 0.232. The number of hydrogen-bond acceptors (Lipinski definition) is 8. The van der Waals surface area contributed by atoms with Crippen LogP contribution in [0.4, 0.5) is 17.2 Å². The van der Waals surface area contributed by atoms with Crippen LogP contribution in [0.2, 0.25) is 0 Å². The SMILES string of the molecule is COc1cc2ncnc(NC3CCCCC3)c2cc1NC(=O)[C@@H]1CCCN1C(=O)[C@H](C(N)[C@H](C)N(C)c1ccccc1)C(C)(C)C.Cl. The molecule has 2 aromatic carbocycles. The Kier molecular flexibility index (Phi) is 12.0. The zero-order valence-corrected chi connectivity index (χ0v) is 29.5. The number of nitrogens with zero attached hydrogens (tertiary/aromatic N) is 4. The van der Waals surface area contributed by atoms with Gasteiger partial charge in [-0.05, 0) is 56.2 Å². The average Bonchev–Trinajstić information content (AvgIpc) is 3.55. The number of carbonyl (C=O) groups excluding carboxylic acids is 2. The molecule has 47 heavy (non-hydrogen) atoms. The van der Waals surface area contributed by atoms with Gasteiger partial charge in [0.15, 0.2) is 0 Å². The van der Waals surface area contributed by atoms with Gasteiger partial charge in [-0.2, -0.15) is 0 Å². The van der Waals surface area contributed by atoms with Crippen molar-refractivity contribution in [3.05, 3.63) is 48.8 Å². The summed E-state index contributed by atoms with van der Waals surface area (Å²) < 4.78 is 5.68. The van der Waals surface area contributed by atoms with Crippen molar-refractivity contribution in [2.75, 3.05) is 36.2 Å². The summed E-state index contributed by atoms with van der Waals surface area (Å²) in [6.07, 6.45) is 8.77. The zero-order chi connectivity index (χ0) is 33.0. The zero-order valence-electron chi connectivity index (χ0n) is 28.7. The van der Waals surface area contributed by atoms with Crippen molar-refractivity contribution >= 4 is 52.3 Å². The first-order valence-corrected chi connectivity index (χ1v) is 16.7. The van der Waals surface area contributed by atoms with Crippen molar-refractivity contribution in [1.82, 2.24) is 14.9 Å². The maximum absolute atomic E-state index is 14.4. The van der Waals surface area contributed by atoms with Gasteiger partial charge in [-0.15, -0.1) is 12.4 Å². The highest BCUT2D eigenvalue weighted by atomic mass is 35.5. The van der Waals surface area contributed by atoms with Crippen molar-refractivity contribution < 1.29 is 14.3 Å². The molecule has 4 N–H and O–H groups in total.